The van der Waals surface area contributed by atoms with Crippen LogP contribution in [0.5, 0.6) is 0 Å². The Bertz CT molecular complexity index is 312. The van der Waals surface area contributed by atoms with Crippen LogP contribution in [0.4, 0.5) is 0 Å². The molecule has 62 valence electrons. The van der Waals surface area contributed by atoms with Gasteiger partial charge in [-0.25, -0.2) is 0 Å². The molecule has 0 amide bonds. The molecule has 1 atom stereocenters. The Balaban J connectivity index is 2.33. The lowest BCUT2D eigenvalue weighted by Gasteiger charge is -2.16. The van der Waals surface area contributed by atoms with Crippen LogP contribution in [0, 0.1) is 11.3 Å². The number of fused-ring (bicyclic) bond motifs is 1. The van der Waals surface area contributed by atoms with E-state index < -0.39 is 0 Å². The van der Waals surface area contributed by atoms with Crippen LogP contribution in [0.2, 0.25) is 0 Å². The zero-order valence-electron chi connectivity index (χ0n) is 6.41. The van der Waals surface area contributed by atoms with Crippen LogP contribution < -0.4 is 5.73 Å². The average Bonchev–Trinajstić information content (AvgIpc) is 2.49. The topological polar surface area (TPSA) is 49.8 Å². The minimum atomic E-state index is 0.534. The first-order valence-corrected chi connectivity index (χ1v) is 5.69. The summed E-state index contributed by atoms with van der Waals surface area (Å²) < 4.78 is 0. The number of thioether (sulfide) groups is 2. The van der Waals surface area contributed by atoms with Gasteiger partial charge in [0.25, 0.3) is 0 Å². The fourth-order valence-electron chi connectivity index (χ4n) is 1.29. The molecular formula is C8H8N2S2. The molecule has 0 spiro atoms. The number of nitrogens with two attached hydrogens (primary N) is 1. The molecule has 0 aromatic rings. The Hall–Kier alpha value is -0.530. The predicted molar refractivity (Wildman–Crippen MR) is 53.6 cm³/mol. The molecule has 0 radical (unpaired) electrons. The van der Waals surface area contributed by atoms with E-state index in [0.29, 0.717) is 15.9 Å². The third kappa shape index (κ3) is 1.23. The molecule has 1 saturated heterocycles. The Morgan fingerprint density at radius 2 is 2.50 bits per heavy atom. The molecule has 0 unspecified atom stereocenters. The Labute approximate surface area is 79.9 Å². The summed E-state index contributed by atoms with van der Waals surface area (Å²) in [5.41, 5.74) is 7.73. The largest absolute Gasteiger partial charge is 0.392 e. The smallest absolute Gasteiger partial charge is 0.102 e. The molecule has 0 saturated carbocycles. The standard InChI is InChI=1S/C8H8N2S2/c9-2-5-1-6-3-11-4-7(6)12-8(5)10/h1,7H,3-4,10H2/t7-/m0/s1. The van der Waals surface area contributed by atoms with Crippen LogP contribution in [0.3, 0.4) is 0 Å². The fourth-order valence-corrected chi connectivity index (χ4v) is 3.86. The maximum Gasteiger partial charge on any atom is 0.102 e. The lowest BCUT2D eigenvalue weighted by molar-refractivity contribution is 1.17. The van der Waals surface area contributed by atoms with Crippen LogP contribution in [0.15, 0.2) is 22.3 Å². The van der Waals surface area contributed by atoms with E-state index in [4.69, 9.17) is 11.0 Å². The first kappa shape index (κ1) is 8.09. The van der Waals surface area contributed by atoms with Gasteiger partial charge in [0.1, 0.15) is 6.07 Å². The second-order valence-electron chi connectivity index (χ2n) is 2.73. The number of nitriles is 1. The maximum atomic E-state index is 8.73. The van der Waals surface area contributed by atoms with Crippen LogP contribution in [-0.2, 0) is 0 Å². The van der Waals surface area contributed by atoms with E-state index in [1.54, 1.807) is 11.8 Å². The quantitative estimate of drug-likeness (QED) is 0.637. The van der Waals surface area contributed by atoms with Gasteiger partial charge in [0.2, 0.25) is 0 Å². The lowest BCUT2D eigenvalue weighted by atomic mass is 10.1. The molecule has 4 heteroatoms. The molecule has 2 rings (SSSR count). The first-order valence-electron chi connectivity index (χ1n) is 3.66. The van der Waals surface area contributed by atoms with E-state index in [2.05, 4.69) is 6.07 Å². The van der Waals surface area contributed by atoms with Gasteiger partial charge in [-0.15, -0.1) is 0 Å². The van der Waals surface area contributed by atoms with Gasteiger partial charge in [0, 0.05) is 16.8 Å². The second-order valence-corrected chi connectivity index (χ2v) is 5.01. The highest BCUT2D eigenvalue weighted by molar-refractivity contribution is 8.06. The van der Waals surface area contributed by atoms with Gasteiger partial charge in [-0.1, -0.05) is 11.8 Å². The van der Waals surface area contributed by atoms with Gasteiger partial charge >= 0.3 is 0 Å². The van der Waals surface area contributed by atoms with Crippen molar-refractivity contribution in [2.45, 2.75) is 5.25 Å². The molecule has 2 N–H and O–H groups in total. The average molecular weight is 196 g/mol. The first-order chi connectivity index (χ1) is 5.81. The second kappa shape index (κ2) is 3.08. The summed E-state index contributed by atoms with van der Waals surface area (Å²) >= 11 is 3.55. The highest BCUT2D eigenvalue weighted by Gasteiger charge is 2.27. The van der Waals surface area contributed by atoms with E-state index in [1.807, 2.05) is 17.8 Å². The minimum Gasteiger partial charge on any atom is -0.392 e. The lowest BCUT2D eigenvalue weighted by Crippen LogP contribution is -2.13. The number of allylic oxidation sites excluding steroid dienone is 2. The summed E-state index contributed by atoms with van der Waals surface area (Å²) in [4.78, 5) is 0. The molecule has 2 nitrogen and oxygen atoms in total. The van der Waals surface area contributed by atoms with Crippen molar-refractivity contribution in [2.24, 2.45) is 5.73 Å². The van der Waals surface area contributed by atoms with Crippen molar-refractivity contribution in [1.29, 1.82) is 5.26 Å². The van der Waals surface area contributed by atoms with Crippen molar-refractivity contribution in [3.8, 4) is 6.07 Å². The maximum absolute atomic E-state index is 8.73. The van der Waals surface area contributed by atoms with Gasteiger partial charge in [0.05, 0.1) is 10.6 Å². The molecule has 2 heterocycles. The van der Waals surface area contributed by atoms with Crippen LogP contribution in [0.1, 0.15) is 0 Å². The van der Waals surface area contributed by atoms with E-state index >= 15 is 0 Å². The van der Waals surface area contributed by atoms with Crippen molar-refractivity contribution >= 4 is 23.5 Å². The SMILES string of the molecule is N#CC1=C(N)S[C@H]2CSCC2=C1. The third-order valence-electron chi connectivity index (χ3n) is 1.94. The molecule has 12 heavy (non-hydrogen) atoms. The predicted octanol–water partition coefficient (Wildman–Crippen LogP) is 1.47. The van der Waals surface area contributed by atoms with Gasteiger partial charge in [-0.05, 0) is 11.6 Å². The fraction of sp³-hybridized carbons (Fsp3) is 0.375. The molecule has 2 aliphatic heterocycles. The normalized spacial score (nSPS) is 27.9. The van der Waals surface area contributed by atoms with Crippen molar-refractivity contribution in [2.75, 3.05) is 11.5 Å². The molecule has 0 aliphatic carbocycles. The van der Waals surface area contributed by atoms with E-state index in [0.717, 1.165) is 11.5 Å². The zero-order valence-corrected chi connectivity index (χ0v) is 8.04. The molecule has 0 aromatic carbocycles. The number of hydrogen-bond donors (Lipinski definition) is 1. The van der Waals surface area contributed by atoms with E-state index in [9.17, 15) is 0 Å². The highest BCUT2D eigenvalue weighted by Crippen LogP contribution is 2.39. The van der Waals surface area contributed by atoms with E-state index in [1.165, 1.54) is 5.57 Å². The van der Waals surface area contributed by atoms with E-state index in [-0.39, 0.29) is 0 Å². The highest BCUT2D eigenvalue weighted by atomic mass is 32.2. The number of hydrogen-bond acceptors (Lipinski definition) is 4. The van der Waals surface area contributed by atoms with Crippen molar-refractivity contribution in [1.82, 2.24) is 0 Å². The van der Waals surface area contributed by atoms with Crippen molar-refractivity contribution < 1.29 is 0 Å². The van der Waals surface area contributed by atoms with Crippen molar-refractivity contribution in [3.63, 3.8) is 0 Å². The number of rotatable bonds is 0. The molecule has 2 aliphatic rings. The Kier molecular flexibility index (Phi) is 2.07. The Morgan fingerprint density at radius 1 is 1.67 bits per heavy atom. The van der Waals surface area contributed by atoms with Gasteiger partial charge in [-0.2, -0.15) is 17.0 Å². The summed E-state index contributed by atoms with van der Waals surface area (Å²) in [5, 5.41) is 9.95. The van der Waals surface area contributed by atoms with Gasteiger partial charge in [-0.3, -0.25) is 0 Å². The summed E-state index contributed by atoms with van der Waals surface area (Å²) in [7, 11) is 0. The monoisotopic (exact) mass is 196 g/mol. The molecule has 1 fully saturated rings. The van der Waals surface area contributed by atoms with Crippen LogP contribution >= 0.6 is 23.5 Å². The zero-order chi connectivity index (χ0) is 8.55. The summed E-state index contributed by atoms with van der Waals surface area (Å²) in [6, 6.07) is 2.11. The van der Waals surface area contributed by atoms with Crippen LogP contribution in [0.25, 0.3) is 0 Å². The molecular weight excluding hydrogens is 188 g/mol. The number of nitrogens with zero attached hydrogens (tertiary/aromatic N) is 1. The molecule has 0 aromatic heterocycles. The Morgan fingerprint density at radius 3 is 3.25 bits per heavy atom. The summed E-state index contributed by atoms with van der Waals surface area (Å²) in [6.07, 6.45) is 1.95. The van der Waals surface area contributed by atoms with Crippen LogP contribution in [-0.4, -0.2) is 16.8 Å². The third-order valence-corrected chi connectivity index (χ3v) is 4.48. The minimum absolute atomic E-state index is 0.534. The van der Waals surface area contributed by atoms with Gasteiger partial charge < -0.3 is 5.73 Å². The summed E-state index contributed by atoms with van der Waals surface area (Å²) in [5.74, 6) is 2.20. The van der Waals surface area contributed by atoms with Crippen molar-refractivity contribution in [3.05, 3.63) is 22.3 Å². The summed E-state index contributed by atoms with van der Waals surface area (Å²) in [6.45, 7) is 0. The molecule has 0 bridgehead atoms. The van der Waals surface area contributed by atoms with Gasteiger partial charge in [0.15, 0.2) is 0 Å².